The summed E-state index contributed by atoms with van der Waals surface area (Å²) in [6, 6.07) is 77.8. The van der Waals surface area contributed by atoms with Crippen LogP contribution in [0.3, 0.4) is 0 Å². The van der Waals surface area contributed by atoms with Gasteiger partial charge in [0.1, 0.15) is 53.7 Å². The number of alkyl halides is 6. The number of carbonyl (C=O) groups excluding carboxylic acids is 1. The lowest BCUT2D eigenvalue weighted by Crippen LogP contribution is -2.72. The van der Waals surface area contributed by atoms with E-state index in [0.29, 0.717) is 49.7 Å². The lowest BCUT2D eigenvalue weighted by molar-refractivity contribution is -0.417. The molecule has 2 aliphatic heterocycles. The number of halogens is 8. The van der Waals surface area contributed by atoms with Gasteiger partial charge in [0.05, 0.1) is 59.5 Å². The van der Waals surface area contributed by atoms with Gasteiger partial charge in [-0.1, -0.05) is 242 Å². The van der Waals surface area contributed by atoms with Crippen molar-refractivity contribution in [3.63, 3.8) is 0 Å². The number of hydrogen-bond acceptors (Lipinski definition) is 16. The normalized spacial score (nSPS) is 21.8. The van der Waals surface area contributed by atoms with Crippen LogP contribution in [-0.2, 0) is 116 Å². The first kappa shape index (κ1) is 82.1. The number of hydrogen-bond donors (Lipinski definition) is 3. The fourth-order valence-electron chi connectivity index (χ4n) is 13.4. The molecule has 578 valence electrons. The first-order valence-electron chi connectivity index (χ1n) is 35.2. The summed E-state index contributed by atoms with van der Waals surface area (Å²) in [6.07, 6.45) is -15.3. The van der Waals surface area contributed by atoms with Crippen LogP contribution in [0.15, 0.2) is 267 Å². The molecule has 0 aliphatic carbocycles. The lowest BCUT2D eigenvalue weighted by atomic mass is 9.80. The van der Waals surface area contributed by atoms with Crippen LogP contribution < -0.4 is 9.47 Å². The van der Waals surface area contributed by atoms with E-state index in [1.54, 1.807) is 36.4 Å². The highest BCUT2D eigenvalue weighted by atomic mass is 35.5. The maximum absolute atomic E-state index is 13.3. The van der Waals surface area contributed by atoms with Gasteiger partial charge in [0.2, 0.25) is 11.6 Å². The highest BCUT2D eigenvalue weighted by molar-refractivity contribution is 6.31. The van der Waals surface area contributed by atoms with Crippen molar-refractivity contribution in [1.29, 1.82) is 0 Å². The molecule has 0 radical (unpaired) electrons. The van der Waals surface area contributed by atoms with E-state index >= 15 is 0 Å². The first-order valence-corrected chi connectivity index (χ1v) is 35.9. The Morgan fingerprint density at radius 1 is 0.373 bits per heavy atom. The second-order valence-electron chi connectivity index (χ2n) is 26.3. The van der Waals surface area contributed by atoms with Crippen molar-refractivity contribution in [1.82, 2.24) is 0 Å². The number of aliphatic hydroxyl groups excluding tert-OH is 3. The average molecular weight is 1560 g/mol. The molecule has 0 saturated carbocycles. The minimum atomic E-state index is -4.83. The van der Waals surface area contributed by atoms with Gasteiger partial charge in [-0.15, -0.1) is 26.3 Å². The van der Waals surface area contributed by atoms with Crippen molar-refractivity contribution in [2.24, 2.45) is 0 Å². The van der Waals surface area contributed by atoms with E-state index in [1.807, 2.05) is 182 Å². The Balaban J connectivity index is 0.000000218. The van der Waals surface area contributed by atoms with Gasteiger partial charge >= 0.3 is 12.7 Å². The molecule has 2 aliphatic rings. The number of carbonyl (C=O) groups is 1. The van der Waals surface area contributed by atoms with Crippen molar-refractivity contribution in [2.45, 2.75) is 125 Å². The third-order valence-electron chi connectivity index (χ3n) is 18.9. The van der Waals surface area contributed by atoms with E-state index in [2.05, 4.69) is 9.47 Å². The van der Waals surface area contributed by atoms with Crippen molar-refractivity contribution < 1.29 is 103 Å². The van der Waals surface area contributed by atoms with Crippen LogP contribution in [0.4, 0.5) is 26.3 Å². The molecule has 12 rings (SSSR count). The minimum absolute atomic E-state index is 0.0545. The Labute approximate surface area is 643 Å². The second-order valence-corrected chi connectivity index (χ2v) is 27.1. The van der Waals surface area contributed by atoms with Crippen LogP contribution in [0.5, 0.6) is 11.5 Å². The third-order valence-corrected chi connectivity index (χ3v) is 19.6. The number of aldehydes is 1. The molecule has 0 amide bonds. The Hall–Kier alpha value is -8.89. The highest BCUT2D eigenvalue weighted by Gasteiger charge is 2.66. The molecule has 0 bridgehead atoms. The topological polar surface area (TPSA) is 189 Å². The maximum Gasteiger partial charge on any atom is 0.573 e. The molecule has 16 nitrogen and oxygen atoms in total. The zero-order valence-electron chi connectivity index (χ0n) is 59.9. The second kappa shape index (κ2) is 37.9. The molecule has 2 saturated heterocycles. The van der Waals surface area contributed by atoms with Gasteiger partial charge in [0.15, 0.2) is 11.9 Å². The summed E-state index contributed by atoms with van der Waals surface area (Å²) in [4.78, 5) is 13.3. The van der Waals surface area contributed by atoms with E-state index in [-0.39, 0.29) is 64.0 Å². The highest BCUT2D eigenvalue weighted by Crippen LogP contribution is 2.51. The van der Waals surface area contributed by atoms with Gasteiger partial charge in [-0.25, -0.2) is 0 Å². The molecule has 9 atom stereocenters. The van der Waals surface area contributed by atoms with Crippen LogP contribution in [0.25, 0.3) is 0 Å². The summed E-state index contributed by atoms with van der Waals surface area (Å²) in [7, 11) is 2.84. The van der Waals surface area contributed by atoms with Crippen molar-refractivity contribution in [3.05, 3.63) is 344 Å². The molecule has 2 fully saturated rings. The quantitative estimate of drug-likeness (QED) is 0.0266. The SMILES string of the molecule is CO[C@@]1(c2ccc(Cl)c(Cc3ccc(OC(F)(F)F)cc3)c2)OC(CO)(CO)[C@@H](OCc2ccccc2)[C@H](OCc2ccccc2)[C@H]1OCc1ccccc1.CO[C@@]1(c2ccc(Cl)c(Cc3ccc(OC(F)(F)F)cc3)c2)O[C@@](C=O)(CO)[C@@H](OCc2ccccc2)[C@H](OCc2ccccc2)[C@H]1OCc1ccccc1. The van der Waals surface area contributed by atoms with Gasteiger partial charge in [0, 0.05) is 35.4 Å². The van der Waals surface area contributed by atoms with Gasteiger partial charge in [0.25, 0.3) is 0 Å². The average Bonchev–Trinajstić information content (AvgIpc) is 0.724. The first-order chi connectivity index (χ1) is 53.2. The van der Waals surface area contributed by atoms with Gasteiger partial charge in [-0.3, -0.25) is 4.79 Å². The summed E-state index contributed by atoms with van der Waals surface area (Å²) in [6.45, 7) is -1.62. The van der Waals surface area contributed by atoms with Crippen LogP contribution >= 0.6 is 23.2 Å². The van der Waals surface area contributed by atoms with E-state index in [9.17, 15) is 46.5 Å². The predicted molar refractivity (Wildman–Crippen MR) is 397 cm³/mol. The molecule has 0 spiro atoms. The Kier molecular flexibility index (Phi) is 28.3. The molecule has 10 aromatic rings. The molecular weight excluding hydrogens is 1470 g/mol. The maximum atomic E-state index is 13.3. The van der Waals surface area contributed by atoms with Crippen molar-refractivity contribution in [2.75, 3.05) is 34.0 Å². The molecule has 110 heavy (non-hydrogen) atoms. The fourth-order valence-corrected chi connectivity index (χ4v) is 13.8. The van der Waals surface area contributed by atoms with Crippen LogP contribution in [0.2, 0.25) is 10.0 Å². The molecule has 0 unspecified atom stereocenters. The number of benzene rings is 10. The van der Waals surface area contributed by atoms with E-state index in [4.69, 9.17) is 70.6 Å². The molecular formula is C86H82Cl2F6O16. The minimum Gasteiger partial charge on any atom is -0.406 e. The number of ether oxygens (including phenoxy) is 12. The Morgan fingerprint density at radius 2 is 0.673 bits per heavy atom. The summed E-state index contributed by atoms with van der Waals surface area (Å²) in [5.74, 6) is -4.45. The Morgan fingerprint density at radius 3 is 0.973 bits per heavy atom. The Bertz CT molecular complexity index is 4470. The predicted octanol–water partition coefficient (Wildman–Crippen LogP) is 16.5. The lowest BCUT2D eigenvalue weighted by Gasteiger charge is -2.56. The van der Waals surface area contributed by atoms with Gasteiger partial charge in [-0.2, -0.15) is 0 Å². The zero-order valence-corrected chi connectivity index (χ0v) is 61.4. The smallest absolute Gasteiger partial charge is 0.406 e. The summed E-state index contributed by atoms with van der Waals surface area (Å²) in [5.41, 5.74) is 4.48. The number of rotatable bonds is 32. The summed E-state index contributed by atoms with van der Waals surface area (Å²) in [5, 5.41) is 34.1. The molecule has 0 aromatic heterocycles. The largest absolute Gasteiger partial charge is 0.573 e. The molecule has 3 N–H and O–H groups in total. The zero-order chi connectivity index (χ0) is 77.8. The standard InChI is InChI=1S/C43H42ClF3O8.C43H40ClF3O8/c2*1-50-42(35-19-22-37(44)34(24-35)23-30-17-20-36(21-18-30)54-43(45,46)47)40(53-27-33-15-9-4-10-16-33)38(51-25-31-11-5-2-6-12-31)39(41(28-48,29-49)55-42)52-26-32-13-7-3-8-14-32/h2-22,24,38-40,48-49H,23,25-29H2,1H3;2-22,24,28,38-40,49H,23,25-27,29H2,1H3/t38-,39-,40+,42-;38-,39-,40+,41-,42-/m00/s1. The van der Waals surface area contributed by atoms with Crippen LogP contribution in [0, 0.1) is 0 Å². The fraction of sp³-hybridized carbons (Fsp3) is 0.291. The molecule has 10 aromatic carbocycles. The molecule has 24 heteroatoms. The van der Waals surface area contributed by atoms with Crippen LogP contribution in [-0.4, -0.2) is 116 Å². The van der Waals surface area contributed by atoms with E-state index in [0.717, 1.165) is 33.4 Å². The summed E-state index contributed by atoms with van der Waals surface area (Å²) >= 11 is 13.5. The molecule has 2 heterocycles. The monoisotopic (exact) mass is 1550 g/mol. The summed E-state index contributed by atoms with van der Waals surface area (Å²) < 4.78 is 151. The number of methoxy groups -OCH3 is 2. The van der Waals surface area contributed by atoms with E-state index in [1.165, 1.54) is 62.8 Å². The third kappa shape index (κ3) is 20.6. The number of aliphatic hydroxyl groups is 3. The van der Waals surface area contributed by atoms with Crippen molar-refractivity contribution in [3.8, 4) is 11.5 Å². The van der Waals surface area contributed by atoms with Gasteiger partial charge < -0.3 is 72.2 Å². The van der Waals surface area contributed by atoms with Crippen LogP contribution in [0.1, 0.15) is 66.8 Å². The van der Waals surface area contributed by atoms with Gasteiger partial charge in [-0.05, 0) is 117 Å². The van der Waals surface area contributed by atoms with Crippen molar-refractivity contribution >= 4 is 29.5 Å². The van der Waals surface area contributed by atoms with E-state index < -0.39 is 91.9 Å².